The van der Waals surface area contributed by atoms with E-state index in [1.54, 1.807) is 4.57 Å². The minimum atomic E-state index is -0.237. The normalized spacial score (nSPS) is 16.9. The highest BCUT2D eigenvalue weighted by molar-refractivity contribution is 9.10. The first-order valence-electron chi connectivity index (χ1n) is 10.9. The number of rotatable bonds is 3. The maximum atomic E-state index is 13.6. The van der Waals surface area contributed by atoms with Crippen molar-refractivity contribution >= 4 is 26.8 Å². The highest BCUT2D eigenvalue weighted by atomic mass is 79.9. The second-order valence-corrected chi connectivity index (χ2v) is 9.24. The lowest BCUT2D eigenvalue weighted by Gasteiger charge is -2.25. The van der Waals surface area contributed by atoms with Crippen molar-refractivity contribution in [2.24, 2.45) is 0 Å². The molecule has 0 unspecified atom stereocenters. The Labute approximate surface area is 188 Å². The van der Waals surface area contributed by atoms with Crippen LogP contribution in [0.5, 0.6) is 11.5 Å². The molecule has 1 aliphatic carbocycles. The second kappa shape index (κ2) is 8.54. The lowest BCUT2D eigenvalue weighted by Crippen LogP contribution is -2.43. The molecule has 2 aromatic carbocycles. The van der Waals surface area contributed by atoms with Gasteiger partial charge in [0.25, 0.3) is 5.56 Å². The van der Waals surface area contributed by atoms with E-state index >= 15 is 0 Å². The van der Waals surface area contributed by atoms with E-state index in [2.05, 4.69) is 15.9 Å². The number of hydrogen-bond acceptors (Lipinski definition) is 4. The molecule has 7 heteroatoms. The molecule has 0 atom stereocenters. The van der Waals surface area contributed by atoms with Crippen LogP contribution in [0.4, 0.5) is 0 Å². The Morgan fingerprint density at radius 2 is 1.68 bits per heavy atom. The number of halogens is 1. The van der Waals surface area contributed by atoms with Crippen molar-refractivity contribution in [2.75, 3.05) is 13.2 Å². The molecule has 6 nitrogen and oxygen atoms in total. The number of benzene rings is 2. The van der Waals surface area contributed by atoms with Crippen LogP contribution in [0.2, 0.25) is 0 Å². The predicted molar refractivity (Wildman–Crippen MR) is 123 cm³/mol. The van der Waals surface area contributed by atoms with Crippen LogP contribution in [-0.2, 0) is 6.54 Å². The topological polar surface area (TPSA) is 62.5 Å². The van der Waals surface area contributed by atoms with Gasteiger partial charge < -0.3 is 9.47 Å². The highest BCUT2D eigenvalue weighted by Gasteiger charge is 2.23. The van der Waals surface area contributed by atoms with E-state index in [1.807, 2.05) is 36.4 Å². The van der Waals surface area contributed by atoms with Gasteiger partial charge in [0, 0.05) is 16.9 Å². The van der Waals surface area contributed by atoms with E-state index in [0.29, 0.717) is 36.4 Å². The fourth-order valence-electron chi connectivity index (χ4n) is 4.67. The number of hydrogen-bond donors (Lipinski definition) is 0. The summed E-state index contributed by atoms with van der Waals surface area (Å²) in [6, 6.07) is 11.3. The van der Waals surface area contributed by atoms with Crippen molar-refractivity contribution < 1.29 is 9.47 Å². The van der Waals surface area contributed by atoms with Crippen LogP contribution >= 0.6 is 15.9 Å². The summed E-state index contributed by atoms with van der Waals surface area (Å²) in [5.41, 5.74) is 1.16. The number of aromatic nitrogens is 2. The summed E-state index contributed by atoms with van der Waals surface area (Å²) in [5.74, 6) is 1.44. The minimum absolute atomic E-state index is 0.0350. The summed E-state index contributed by atoms with van der Waals surface area (Å²) >= 11 is 3.48. The zero-order chi connectivity index (χ0) is 21.4. The van der Waals surface area contributed by atoms with Crippen molar-refractivity contribution in [3.8, 4) is 11.5 Å². The van der Waals surface area contributed by atoms with E-state index in [4.69, 9.17) is 9.47 Å². The fraction of sp³-hybridized carbons (Fsp3) is 0.417. The molecule has 3 aromatic rings. The SMILES string of the molecule is O=c1c2cc(Br)ccc2n(Cc2ccc3c(c2)OCCCO3)c(=O)n1C1CCCCC1. The lowest BCUT2D eigenvalue weighted by molar-refractivity contribution is 0.297. The third kappa shape index (κ3) is 3.91. The van der Waals surface area contributed by atoms with Gasteiger partial charge in [0.15, 0.2) is 11.5 Å². The third-order valence-electron chi connectivity index (χ3n) is 6.23. The Balaban J connectivity index is 1.65. The Morgan fingerprint density at radius 3 is 2.48 bits per heavy atom. The average molecular weight is 485 g/mol. The molecule has 31 heavy (non-hydrogen) atoms. The lowest BCUT2D eigenvalue weighted by atomic mass is 9.95. The molecule has 0 spiro atoms. The summed E-state index contributed by atoms with van der Waals surface area (Å²) in [7, 11) is 0. The van der Waals surface area contributed by atoms with Gasteiger partial charge in [-0.1, -0.05) is 41.3 Å². The third-order valence-corrected chi connectivity index (χ3v) is 6.72. The van der Waals surface area contributed by atoms with Crippen LogP contribution in [-0.4, -0.2) is 22.3 Å². The first kappa shape index (κ1) is 20.4. The van der Waals surface area contributed by atoms with Gasteiger partial charge in [-0.05, 0) is 48.7 Å². The van der Waals surface area contributed by atoms with Crippen molar-refractivity contribution in [1.29, 1.82) is 0 Å². The molecule has 0 radical (unpaired) electrons. The van der Waals surface area contributed by atoms with Gasteiger partial charge in [0.1, 0.15) is 0 Å². The zero-order valence-electron chi connectivity index (χ0n) is 17.3. The molecule has 2 heterocycles. The number of nitrogens with zero attached hydrogens (tertiary/aromatic N) is 2. The van der Waals surface area contributed by atoms with E-state index in [-0.39, 0.29) is 17.3 Å². The maximum absolute atomic E-state index is 13.6. The summed E-state index contributed by atoms with van der Waals surface area (Å²) in [6.07, 6.45) is 5.85. The Bertz CT molecular complexity index is 1240. The predicted octanol–water partition coefficient (Wildman–Crippen LogP) is 4.64. The van der Waals surface area contributed by atoms with Gasteiger partial charge in [-0.25, -0.2) is 4.79 Å². The quantitative estimate of drug-likeness (QED) is 0.543. The molecular formula is C24H25BrN2O4. The van der Waals surface area contributed by atoms with Crippen LogP contribution < -0.4 is 20.7 Å². The van der Waals surface area contributed by atoms with E-state index in [1.165, 1.54) is 4.57 Å². The van der Waals surface area contributed by atoms with Crippen molar-refractivity contribution in [3.63, 3.8) is 0 Å². The summed E-state index contributed by atoms with van der Waals surface area (Å²) in [5, 5.41) is 0.564. The largest absolute Gasteiger partial charge is 0.490 e. The Morgan fingerprint density at radius 1 is 0.903 bits per heavy atom. The van der Waals surface area contributed by atoms with Crippen molar-refractivity contribution in [2.45, 2.75) is 51.1 Å². The number of ether oxygens (including phenoxy) is 2. The van der Waals surface area contributed by atoms with E-state index in [9.17, 15) is 9.59 Å². The Hall–Kier alpha value is -2.54. The maximum Gasteiger partial charge on any atom is 0.332 e. The van der Waals surface area contributed by atoms with Crippen LogP contribution in [0.15, 0.2) is 50.5 Å². The summed E-state index contributed by atoms with van der Waals surface area (Å²) in [4.78, 5) is 26.9. The Kier molecular flexibility index (Phi) is 5.61. The van der Waals surface area contributed by atoms with Gasteiger partial charge in [0.2, 0.25) is 0 Å². The molecule has 1 aromatic heterocycles. The zero-order valence-corrected chi connectivity index (χ0v) is 18.9. The molecule has 0 saturated heterocycles. The molecule has 162 valence electrons. The van der Waals surface area contributed by atoms with Crippen molar-refractivity contribution in [3.05, 3.63) is 67.3 Å². The van der Waals surface area contributed by atoms with Crippen molar-refractivity contribution in [1.82, 2.24) is 9.13 Å². The smallest absolute Gasteiger partial charge is 0.332 e. The molecule has 1 saturated carbocycles. The number of fused-ring (bicyclic) bond motifs is 2. The molecule has 0 bridgehead atoms. The van der Waals surface area contributed by atoms with Gasteiger partial charge >= 0.3 is 5.69 Å². The van der Waals surface area contributed by atoms with Gasteiger partial charge in [-0.15, -0.1) is 0 Å². The second-order valence-electron chi connectivity index (χ2n) is 8.33. The van der Waals surface area contributed by atoms with Gasteiger partial charge in [-0.3, -0.25) is 13.9 Å². The first-order valence-corrected chi connectivity index (χ1v) is 11.7. The minimum Gasteiger partial charge on any atom is -0.490 e. The average Bonchev–Trinajstić information content (AvgIpc) is 3.03. The molecule has 0 N–H and O–H groups in total. The monoisotopic (exact) mass is 484 g/mol. The highest BCUT2D eigenvalue weighted by Crippen LogP contribution is 2.31. The van der Waals surface area contributed by atoms with Gasteiger partial charge in [-0.2, -0.15) is 0 Å². The van der Waals surface area contributed by atoms with E-state index < -0.39 is 0 Å². The molecule has 2 aliphatic rings. The molecule has 1 aliphatic heterocycles. The standard InChI is InChI=1S/C24H25BrN2O4/c25-17-8-9-20-19(14-17)23(28)27(18-5-2-1-3-6-18)24(29)26(20)15-16-7-10-21-22(13-16)31-12-4-11-30-21/h7-10,13-14,18H,1-6,11-12,15H2. The summed E-state index contributed by atoms with van der Waals surface area (Å²) in [6.45, 7) is 1.61. The first-order chi connectivity index (χ1) is 15.1. The van der Waals surface area contributed by atoms with Gasteiger partial charge in [0.05, 0.1) is 30.7 Å². The van der Waals surface area contributed by atoms with Crippen LogP contribution in [0.25, 0.3) is 10.9 Å². The van der Waals surface area contributed by atoms with Crippen LogP contribution in [0.1, 0.15) is 50.1 Å². The molecule has 0 amide bonds. The van der Waals surface area contributed by atoms with E-state index in [0.717, 1.165) is 54.3 Å². The summed E-state index contributed by atoms with van der Waals surface area (Å²) < 4.78 is 15.6. The molecular weight excluding hydrogens is 460 g/mol. The van der Waals surface area contributed by atoms with Crippen LogP contribution in [0, 0.1) is 0 Å². The molecule has 5 rings (SSSR count). The van der Waals surface area contributed by atoms with Crippen LogP contribution in [0.3, 0.4) is 0 Å². The fourth-order valence-corrected chi connectivity index (χ4v) is 5.03. The molecule has 1 fully saturated rings.